The van der Waals surface area contributed by atoms with E-state index in [1.165, 1.54) is 11.3 Å². The molecule has 4 nitrogen and oxygen atoms in total. The Balaban J connectivity index is 2.12. The maximum absolute atomic E-state index is 12.4. The molecule has 2 atom stereocenters. The molecule has 102 valence electrons. The summed E-state index contributed by atoms with van der Waals surface area (Å²) >= 11 is 1.48. The van der Waals surface area contributed by atoms with Crippen LogP contribution >= 0.6 is 11.3 Å². The SMILES string of the molecule is CC1CN(C(=O)c2csc(C#CCN)c2)C(C)CO1. The normalized spacial score (nSPS) is 22.8. The number of thiophene rings is 1. The molecule has 0 saturated carbocycles. The minimum Gasteiger partial charge on any atom is -0.375 e. The fourth-order valence-corrected chi connectivity index (χ4v) is 2.75. The fraction of sp³-hybridized carbons (Fsp3) is 0.500. The minimum absolute atomic E-state index is 0.0553. The third kappa shape index (κ3) is 3.35. The lowest BCUT2D eigenvalue weighted by molar-refractivity contribution is -0.0386. The van der Waals surface area contributed by atoms with Crippen molar-refractivity contribution in [3.05, 3.63) is 21.9 Å². The molecule has 2 N–H and O–H groups in total. The van der Waals surface area contributed by atoms with Crippen molar-refractivity contribution in [3.8, 4) is 11.8 Å². The summed E-state index contributed by atoms with van der Waals surface area (Å²) in [4.78, 5) is 15.2. The standard InChI is InChI=1S/C14H18N2O2S/c1-10-8-18-11(2)7-16(10)14(17)12-6-13(19-9-12)4-3-5-15/h6,9-11H,5,7-8,15H2,1-2H3. The first-order valence-corrected chi connectivity index (χ1v) is 7.20. The summed E-state index contributed by atoms with van der Waals surface area (Å²) in [5.41, 5.74) is 6.04. The summed E-state index contributed by atoms with van der Waals surface area (Å²) in [5.74, 6) is 5.80. The topological polar surface area (TPSA) is 55.6 Å². The molecule has 2 rings (SSSR count). The van der Waals surface area contributed by atoms with Gasteiger partial charge in [0.15, 0.2) is 0 Å². The van der Waals surface area contributed by atoms with Crippen LogP contribution < -0.4 is 5.73 Å². The molecule has 1 saturated heterocycles. The third-order valence-corrected chi connectivity index (χ3v) is 3.87. The van der Waals surface area contributed by atoms with Gasteiger partial charge in [0.05, 0.1) is 35.7 Å². The highest BCUT2D eigenvalue weighted by atomic mass is 32.1. The summed E-state index contributed by atoms with van der Waals surface area (Å²) in [6.45, 7) is 5.55. The van der Waals surface area contributed by atoms with Crippen LogP contribution in [0.15, 0.2) is 11.4 Å². The Bertz CT molecular complexity index is 515. The lowest BCUT2D eigenvalue weighted by atomic mass is 10.1. The second kappa shape index (κ2) is 6.20. The second-order valence-electron chi connectivity index (χ2n) is 4.66. The van der Waals surface area contributed by atoms with Gasteiger partial charge in [-0.15, -0.1) is 11.3 Å². The van der Waals surface area contributed by atoms with Crippen LogP contribution in [-0.4, -0.2) is 42.6 Å². The van der Waals surface area contributed by atoms with E-state index >= 15 is 0 Å². The number of ether oxygens (including phenoxy) is 1. The first-order valence-electron chi connectivity index (χ1n) is 6.32. The van der Waals surface area contributed by atoms with E-state index in [1.54, 1.807) is 0 Å². The lowest BCUT2D eigenvalue weighted by Gasteiger charge is -2.36. The van der Waals surface area contributed by atoms with Gasteiger partial charge in [-0.2, -0.15) is 0 Å². The number of morpholine rings is 1. The Hall–Kier alpha value is -1.35. The van der Waals surface area contributed by atoms with Crippen LogP contribution in [0.25, 0.3) is 0 Å². The van der Waals surface area contributed by atoms with Gasteiger partial charge in [-0.25, -0.2) is 0 Å². The van der Waals surface area contributed by atoms with Crippen molar-refractivity contribution in [3.63, 3.8) is 0 Å². The lowest BCUT2D eigenvalue weighted by Crippen LogP contribution is -2.50. The van der Waals surface area contributed by atoms with Crippen molar-refractivity contribution in [2.45, 2.75) is 26.0 Å². The molecule has 0 aromatic carbocycles. The molecule has 0 bridgehead atoms. The number of nitrogens with two attached hydrogens (primary N) is 1. The van der Waals surface area contributed by atoms with Gasteiger partial charge in [-0.3, -0.25) is 4.79 Å². The molecule has 0 spiro atoms. The smallest absolute Gasteiger partial charge is 0.255 e. The van der Waals surface area contributed by atoms with E-state index in [0.717, 1.165) is 4.88 Å². The number of carbonyl (C=O) groups is 1. The van der Waals surface area contributed by atoms with Gasteiger partial charge in [-0.05, 0) is 19.9 Å². The fourth-order valence-electron chi connectivity index (χ4n) is 2.00. The molecule has 1 amide bonds. The molecule has 1 aliphatic rings. The van der Waals surface area contributed by atoms with Crippen molar-refractivity contribution >= 4 is 17.2 Å². The monoisotopic (exact) mass is 278 g/mol. The zero-order valence-electron chi connectivity index (χ0n) is 11.2. The average Bonchev–Trinajstić information content (AvgIpc) is 2.87. The Kier molecular flexibility index (Phi) is 4.59. The van der Waals surface area contributed by atoms with Gasteiger partial charge < -0.3 is 15.4 Å². The van der Waals surface area contributed by atoms with Gasteiger partial charge in [0.25, 0.3) is 5.91 Å². The average molecular weight is 278 g/mol. The number of hydrogen-bond acceptors (Lipinski definition) is 4. The van der Waals surface area contributed by atoms with Crippen molar-refractivity contribution in [2.24, 2.45) is 5.73 Å². The summed E-state index contributed by atoms with van der Waals surface area (Å²) < 4.78 is 5.54. The van der Waals surface area contributed by atoms with Crippen LogP contribution in [0.5, 0.6) is 0 Å². The largest absolute Gasteiger partial charge is 0.375 e. The minimum atomic E-state index is 0.0553. The van der Waals surface area contributed by atoms with Crippen molar-refractivity contribution < 1.29 is 9.53 Å². The van der Waals surface area contributed by atoms with Gasteiger partial charge in [0.1, 0.15) is 0 Å². The molecule has 19 heavy (non-hydrogen) atoms. The highest BCUT2D eigenvalue weighted by molar-refractivity contribution is 7.10. The van der Waals surface area contributed by atoms with E-state index in [2.05, 4.69) is 11.8 Å². The van der Waals surface area contributed by atoms with E-state index < -0.39 is 0 Å². The summed E-state index contributed by atoms with van der Waals surface area (Å²) in [5, 5.41) is 1.86. The summed E-state index contributed by atoms with van der Waals surface area (Å²) in [6, 6.07) is 1.95. The number of carbonyl (C=O) groups excluding carboxylic acids is 1. The molecule has 1 aromatic heterocycles. The zero-order chi connectivity index (χ0) is 13.8. The zero-order valence-corrected chi connectivity index (χ0v) is 12.0. The quantitative estimate of drug-likeness (QED) is 0.788. The molecule has 5 heteroatoms. The first kappa shape index (κ1) is 14.1. The Morgan fingerprint density at radius 2 is 2.42 bits per heavy atom. The van der Waals surface area contributed by atoms with Crippen molar-refractivity contribution in [1.82, 2.24) is 4.90 Å². The molecular weight excluding hydrogens is 260 g/mol. The van der Waals surface area contributed by atoms with E-state index in [1.807, 2.05) is 30.2 Å². The molecule has 1 aromatic rings. The van der Waals surface area contributed by atoms with Gasteiger partial charge >= 0.3 is 0 Å². The van der Waals surface area contributed by atoms with Gasteiger partial charge in [-0.1, -0.05) is 11.8 Å². The van der Waals surface area contributed by atoms with Crippen LogP contribution in [-0.2, 0) is 4.74 Å². The van der Waals surface area contributed by atoms with Crippen LogP contribution in [0.3, 0.4) is 0 Å². The number of amides is 1. The Morgan fingerprint density at radius 1 is 1.63 bits per heavy atom. The molecule has 2 unspecified atom stereocenters. The third-order valence-electron chi connectivity index (χ3n) is 3.03. The molecular formula is C14H18N2O2S. The Morgan fingerprint density at radius 3 is 3.16 bits per heavy atom. The van der Waals surface area contributed by atoms with E-state index in [9.17, 15) is 4.79 Å². The van der Waals surface area contributed by atoms with E-state index in [0.29, 0.717) is 25.3 Å². The summed E-state index contributed by atoms with van der Waals surface area (Å²) in [7, 11) is 0. The summed E-state index contributed by atoms with van der Waals surface area (Å²) in [6.07, 6.45) is 0.0929. The molecule has 0 radical (unpaired) electrons. The first-order chi connectivity index (χ1) is 9.11. The highest BCUT2D eigenvalue weighted by Crippen LogP contribution is 2.19. The van der Waals surface area contributed by atoms with Crippen LogP contribution in [0.1, 0.15) is 29.1 Å². The number of hydrogen-bond donors (Lipinski definition) is 1. The number of nitrogens with zero attached hydrogens (tertiary/aromatic N) is 1. The maximum Gasteiger partial charge on any atom is 0.255 e. The molecule has 0 aliphatic carbocycles. The predicted octanol–water partition coefficient (Wildman–Crippen LogP) is 1.31. The second-order valence-corrected chi connectivity index (χ2v) is 5.57. The van der Waals surface area contributed by atoms with Crippen molar-refractivity contribution in [2.75, 3.05) is 19.7 Å². The molecule has 1 fully saturated rings. The van der Waals surface area contributed by atoms with Gasteiger partial charge in [0, 0.05) is 11.9 Å². The predicted molar refractivity (Wildman–Crippen MR) is 76.2 cm³/mol. The Labute approximate surface area is 117 Å². The van der Waals surface area contributed by atoms with Crippen LogP contribution in [0.2, 0.25) is 0 Å². The van der Waals surface area contributed by atoms with Crippen LogP contribution in [0, 0.1) is 11.8 Å². The van der Waals surface area contributed by atoms with E-state index in [4.69, 9.17) is 10.5 Å². The van der Waals surface area contributed by atoms with Crippen LogP contribution in [0.4, 0.5) is 0 Å². The highest BCUT2D eigenvalue weighted by Gasteiger charge is 2.28. The van der Waals surface area contributed by atoms with Gasteiger partial charge in [0.2, 0.25) is 0 Å². The number of rotatable bonds is 1. The maximum atomic E-state index is 12.4. The molecule has 2 heterocycles. The van der Waals surface area contributed by atoms with Crippen molar-refractivity contribution in [1.29, 1.82) is 0 Å². The van der Waals surface area contributed by atoms with E-state index in [-0.39, 0.29) is 18.1 Å². The molecule has 1 aliphatic heterocycles.